The van der Waals surface area contributed by atoms with Crippen LogP contribution in [-0.2, 0) is 12.0 Å². The lowest BCUT2D eigenvalue weighted by Gasteiger charge is -2.35. The predicted octanol–water partition coefficient (Wildman–Crippen LogP) is 6.32. The van der Waals surface area contributed by atoms with Gasteiger partial charge in [0.15, 0.2) is 0 Å². The van der Waals surface area contributed by atoms with Crippen LogP contribution in [0.1, 0.15) is 70.2 Å². The van der Waals surface area contributed by atoms with Crippen LogP contribution in [0.3, 0.4) is 0 Å². The minimum absolute atomic E-state index is 0.605. The second-order valence-corrected chi connectivity index (χ2v) is 8.74. The molecule has 28 heavy (non-hydrogen) atoms. The van der Waals surface area contributed by atoms with Crippen LogP contribution >= 0.6 is 0 Å². The molecule has 0 saturated heterocycles. The number of rotatable bonds is 1. The molecule has 0 fully saturated rings. The van der Waals surface area contributed by atoms with E-state index in [9.17, 15) is 5.11 Å². The molecule has 2 aliphatic rings. The van der Waals surface area contributed by atoms with Crippen molar-refractivity contribution in [1.29, 1.82) is 0 Å². The predicted molar refractivity (Wildman–Crippen MR) is 116 cm³/mol. The van der Waals surface area contributed by atoms with E-state index in [0.717, 1.165) is 34.2 Å². The standard InChI is InChI=1S/C27H28O/c1-16-10-9-13-20-19(4)26(18(3)17(2)25(16)20)27(28)23-14-7-5-11-21(23)22-12-6-8-15-24(22)27/h5-8,11-12,14-16,28H,9-10,13H2,1-4H3. The van der Waals surface area contributed by atoms with Gasteiger partial charge in [0, 0.05) is 11.1 Å². The summed E-state index contributed by atoms with van der Waals surface area (Å²) >= 11 is 0. The molecule has 5 rings (SSSR count). The summed E-state index contributed by atoms with van der Waals surface area (Å²) in [6.07, 6.45) is 3.63. The quantitative estimate of drug-likeness (QED) is 0.533. The lowest BCUT2D eigenvalue weighted by molar-refractivity contribution is 0.129. The van der Waals surface area contributed by atoms with Gasteiger partial charge in [0.1, 0.15) is 5.60 Å². The Hall–Kier alpha value is -2.38. The van der Waals surface area contributed by atoms with Crippen LogP contribution in [0.25, 0.3) is 11.1 Å². The maximum absolute atomic E-state index is 12.4. The molecule has 3 aromatic carbocycles. The van der Waals surface area contributed by atoms with Crippen LogP contribution in [0.4, 0.5) is 0 Å². The second-order valence-electron chi connectivity index (χ2n) is 8.74. The lowest BCUT2D eigenvalue weighted by Crippen LogP contribution is -2.30. The zero-order valence-corrected chi connectivity index (χ0v) is 17.3. The van der Waals surface area contributed by atoms with Crippen LogP contribution in [-0.4, -0.2) is 5.11 Å². The van der Waals surface area contributed by atoms with Gasteiger partial charge in [-0.2, -0.15) is 0 Å². The van der Waals surface area contributed by atoms with Gasteiger partial charge in [-0.3, -0.25) is 0 Å². The fourth-order valence-corrected chi connectivity index (χ4v) is 5.99. The fourth-order valence-electron chi connectivity index (χ4n) is 5.99. The van der Waals surface area contributed by atoms with Crippen LogP contribution < -0.4 is 0 Å². The topological polar surface area (TPSA) is 20.2 Å². The van der Waals surface area contributed by atoms with E-state index in [0.29, 0.717) is 5.92 Å². The van der Waals surface area contributed by atoms with Gasteiger partial charge in [0.25, 0.3) is 0 Å². The van der Waals surface area contributed by atoms with Crippen molar-refractivity contribution < 1.29 is 5.11 Å². The number of aliphatic hydroxyl groups is 1. The number of hydrogen-bond acceptors (Lipinski definition) is 1. The van der Waals surface area contributed by atoms with Crippen LogP contribution in [0.15, 0.2) is 48.5 Å². The van der Waals surface area contributed by atoms with Crippen LogP contribution in [0, 0.1) is 20.8 Å². The van der Waals surface area contributed by atoms with Crippen molar-refractivity contribution in [2.45, 2.75) is 58.5 Å². The van der Waals surface area contributed by atoms with Crippen molar-refractivity contribution in [2.75, 3.05) is 0 Å². The summed E-state index contributed by atoms with van der Waals surface area (Å²) in [5.41, 5.74) is 11.3. The molecule has 3 aromatic rings. The Labute approximate surface area is 168 Å². The summed E-state index contributed by atoms with van der Waals surface area (Å²) in [6.45, 7) is 9.06. The molecule has 0 bridgehead atoms. The summed E-state index contributed by atoms with van der Waals surface area (Å²) in [5.74, 6) is 0.605. The zero-order valence-electron chi connectivity index (χ0n) is 17.3. The highest BCUT2D eigenvalue weighted by molar-refractivity contribution is 5.83. The van der Waals surface area contributed by atoms with E-state index in [4.69, 9.17) is 0 Å². The second kappa shape index (κ2) is 6.06. The van der Waals surface area contributed by atoms with Gasteiger partial charge in [-0.05, 0) is 90.5 Å². The Kier molecular flexibility index (Phi) is 3.83. The third kappa shape index (κ3) is 2.11. The Morgan fingerprint density at radius 2 is 1.39 bits per heavy atom. The van der Waals surface area contributed by atoms with Crippen molar-refractivity contribution in [2.24, 2.45) is 0 Å². The van der Waals surface area contributed by atoms with Crippen LogP contribution in [0.2, 0.25) is 0 Å². The first-order valence-corrected chi connectivity index (χ1v) is 10.5. The van der Waals surface area contributed by atoms with Gasteiger partial charge < -0.3 is 5.11 Å². The van der Waals surface area contributed by atoms with Crippen molar-refractivity contribution in [1.82, 2.24) is 0 Å². The molecule has 1 nitrogen and oxygen atoms in total. The highest BCUT2D eigenvalue weighted by atomic mass is 16.3. The molecule has 0 amide bonds. The molecular weight excluding hydrogens is 340 g/mol. The fraction of sp³-hybridized carbons (Fsp3) is 0.333. The molecule has 1 N–H and O–H groups in total. The van der Waals surface area contributed by atoms with E-state index in [1.165, 1.54) is 40.7 Å². The minimum atomic E-state index is -1.08. The third-order valence-electron chi connectivity index (χ3n) is 7.34. The first-order chi connectivity index (χ1) is 13.5. The molecule has 0 aromatic heterocycles. The first-order valence-electron chi connectivity index (χ1n) is 10.5. The first kappa shape index (κ1) is 17.7. The van der Waals surface area contributed by atoms with Crippen molar-refractivity contribution in [3.63, 3.8) is 0 Å². The summed E-state index contributed by atoms with van der Waals surface area (Å²) < 4.78 is 0. The largest absolute Gasteiger partial charge is 0.376 e. The van der Waals surface area contributed by atoms with Gasteiger partial charge in [-0.15, -0.1) is 0 Å². The Bertz CT molecular complexity index is 1060. The number of hydrogen-bond donors (Lipinski definition) is 1. The van der Waals surface area contributed by atoms with Gasteiger partial charge in [0.05, 0.1) is 0 Å². The zero-order chi connectivity index (χ0) is 19.6. The molecule has 0 saturated carbocycles. The number of benzene rings is 3. The molecule has 0 radical (unpaired) electrons. The summed E-state index contributed by atoms with van der Waals surface area (Å²) in [4.78, 5) is 0. The number of fused-ring (bicyclic) bond motifs is 4. The molecule has 0 heterocycles. The van der Waals surface area contributed by atoms with E-state index >= 15 is 0 Å². The lowest BCUT2D eigenvalue weighted by atomic mass is 9.71. The monoisotopic (exact) mass is 368 g/mol. The normalized spacial score (nSPS) is 19.1. The van der Waals surface area contributed by atoms with E-state index in [1.807, 2.05) is 12.1 Å². The van der Waals surface area contributed by atoms with E-state index in [-0.39, 0.29) is 0 Å². The maximum atomic E-state index is 12.4. The highest BCUT2D eigenvalue weighted by Gasteiger charge is 2.45. The maximum Gasteiger partial charge on any atom is 0.142 e. The van der Waals surface area contributed by atoms with E-state index < -0.39 is 5.60 Å². The molecule has 142 valence electrons. The van der Waals surface area contributed by atoms with Crippen molar-refractivity contribution in [3.8, 4) is 11.1 Å². The van der Waals surface area contributed by atoms with Gasteiger partial charge in [-0.1, -0.05) is 55.5 Å². The molecule has 1 heteroatoms. The van der Waals surface area contributed by atoms with Crippen molar-refractivity contribution >= 4 is 0 Å². The van der Waals surface area contributed by atoms with E-state index in [1.54, 1.807) is 0 Å². The summed E-state index contributed by atoms with van der Waals surface area (Å²) in [5, 5.41) is 12.4. The average Bonchev–Trinajstić information content (AvgIpc) is 2.96. The average molecular weight is 369 g/mol. The molecule has 0 spiro atoms. The third-order valence-corrected chi connectivity index (χ3v) is 7.34. The molecule has 2 aliphatic carbocycles. The Morgan fingerprint density at radius 3 is 2.00 bits per heavy atom. The van der Waals surface area contributed by atoms with E-state index in [2.05, 4.69) is 64.1 Å². The molecule has 1 atom stereocenters. The minimum Gasteiger partial charge on any atom is -0.376 e. The van der Waals surface area contributed by atoms with Crippen LogP contribution in [0.5, 0.6) is 0 Å². The van der Waals surface area contributed by atoms with Crippen molar-refractivity contribution in [3.05, 3.63) is 93.0 Å². The Morgan fingerprint density at radius 1 is 0.821 bits per heavy atom. The SMILES string of the molecule is Cc1c(C)c(C2(O)c3ccccc3-c3ccccc32)c(C)c2c1C(C)CCC2. The summed E-state index contributed by atoms with van der Waals surface area (Å²) in [7, 11) is 0. The summed E-state index contributed by atoms with van der Waals surface area (Å²) in [6, 6.07) is 16.7. The van der Waals surface area contributed by atoms with Gasteiger partial charge >= 0.3 is 0 Å². The van der Waals surface area contributed by atoms with Gasteiger partial charge in [-0.25, -0.2) is 0 Å². The smallest absolute Gasteiger partial charge is 0.142 e. The Balaban J connectivity index is 1.89. The van der Waals surface area contributed by atoms with Gasteiger partial charge in [0.2, 0.25) is 0 Å². The highest BCUT2D eigenvalue weighted by Crippen LogP contribution is 2.53. The molecule has 1 unspecified atom stereocenters. The molecular formula is C27H28O. The molecule has 0 aliphatic heterocycles.